The molecule has 1 aliphatic rings. The number of benzene rings is 3. The molecule has 4 aromatic rings. The van der Waals surface area contributed by atoms with Crippen molar-refractivity contribution in [3.63, 3.8) is 0 Å². The number of rotatable bonds is 4. The van der Waals surface area contributed by atoms with Crippen LogP contribution in [0.25, 0.3) is 33.5 Å². The van der Waals surface area contributed by atoms with E-state index in [1.165, 1.54) is 17.7 Å². The van der Waals surface area contributed by atoms with Gasteiger partial charge in [0.25, 0.3) is 0 Å². The molecule has 0 spiro atoms. The Morgan fingerprint density at radius 2 is 1.67 bits per heavy atom. The van der Waals surface area contributed by atoms with Gasteiger partial charge in [0.2, 0.25) is 0 Å². The van der Waals surface area contributed by atoms with Crippen molar-refractivity contribution in [2.24, 2.45) is 0 Å². The van der Waals surface area contributed by atoms with Crippen LogP contribution in [0.3, 0.4) is 0 Å². The number of aromatic amines is 1. The second-order valence-electron chi connectivity index (χ2n) is 8.05. The Hall–Kier alpha value is -3.02. The second-order valence-corrected chi connectivity index (χ2v) is 8.05. The maximum Gasteiger partial charge on any atom is 0.138 e. The predicted octanol–water partition coefficient (Wildman–Crippen LogP) is 4.99. The van der Waals surface area contributed by atoms with Gasteiger partial charge in [-0.05, 0) is 54.3 Å². The summed E-state index contributed by atoms with van der Waals surface area (Å²) < 4.78 is 13.4. The zero-order valence-electron chi connectivity index (χ0n) is 16.7. The van der Waals surface area contributed by atoms with Crippen LogP contribution in [0.2, 0.25) is 0 Å². The Morgan fingerprint density at radius 3 is 2.40 bits per heavy atom. The Balaban J connectivity index is 1.31. The van der Waals surface area contributed by atoms with E-state index in [-0.39, 0.29) is 11.9 Å². The molecule has 2 N–H and O–H groups in total. The highest BCUT2D eigenvalue weighted by Gasteiger charge is 2.17. The molecular formula is C25H24FN3O. The molecular weight excluding hydrogens is 377 g/mol. The lowest BCUT2D eigenvalue weighted by Gasteiger charge is -2.30. The van der Waals surface area contributed by atoms with E-state index < -0.39 is 0 Å². The molecule has 0 amide bonds. The number of likely N-dealkylation sites (tertiary alicyclic amines) is 1. The van der Waals surface area contributed by atoms with Crippen molar-refractivity contribution >= 4 is 11.0 Å². The summed E-state index contributed by atoms with van der Waals surface area (Å²) in [4.78, 5) is 10.1. The van der Waals surface area contributed by atoms with Gasteiger partial charge in [-0.2, -0.15) is 0 Å². The number of H-pyrrole nitrogens is 1. The zero-order valence-corrected chi connectivity index (χ0v) is 16.7. The third-order valence-electron chi connectivity index (χ3n) is 5.78. The highest BCUT2D eigenvalue weighted by molar-refractivity contribution is 5.80. The minimum absolute atomic E-state index is 0.192. The van der Waals surface area contributed by atoms with Crippen LogP contribution in [-0.2, 0) is 6.54 Å². The van der Waals surface area contributed by atoms with Crippen molar-refractivity contribution in [1.29, 1.82) is 0 Å². The van der Waals surface area contributed by atoms with Gasteiger partial charge in [-0.3, -0.25) is 4.90 Å². The Kier molecular flexibility index (Phi) is 5.07. The molecule has 1 unspecified atom stereocenters. The summed E-state index contributed by atoms with van der Waals surface area (Å²) in [5, 5.41) is 9.84. The Bertz CT molecular complexity index is 1150. The van der Waals surface area contributed by atoms with Crippen LogP contribution in [0, 0.1) is 5.82 Å². The molecule has 5 rings (SSSR count). The van der Waals surface area contributed by atoms with Crippen LogP contribution in [0.4, 0.5) is 4.39 Å². The summed E-state index contributed by atoms with van der Waals surface area (Å²) in [7, 11) is 0. The number of nitrogens with one attached hydrogen (secondary N) is 1. The number of fused-ring (bicyclic) bond motifs is 1. The number of aliphatic hydroxyl groups is 1. The molecule has 3 aromatic carbocycles. The topological polar surface area (TPSA) is 52.1 Å². The van der Waals surface area contributed by atoms with Gasteiger partial charge in [-0.25, -0.2) is 9.37 Å². The van der Waals surface area contributed by atoms with Gasteiger partial charge >= 0.3 is 0 Å². The van der Waals surface area contributed by atoms with Crippen LogP contribution in [0.5, 0.6) is 0 Å². The molecule has 0 radical (unpaired) electrons. The lowest BCUT2D eigenvalue weighted by atomic mass is 10.0. The molecule has 1 aliphatic heterocycles. The molecule has 0 saturated carbocycles. The lowest BCUT2D eigenvalue weighted by molar-refractivity contribution is 0.0668. The van der Waals surface area contributed by atoms with Gasteiger partial charge in [0.15, 0.2) is 0 Å². The Morgan fingerprint density at radius 1 is 0.967 bits per heavy atom. The SMILES string of the molecule is OC1CCCN(Cc2ccc(-c3ccc(-c4nc5ccc(F)cc5[nH]4)cc3)cc2)C1. The number of nitrogens with zero attached hydrogens (tertiary/aromatic N) is 2. The number of aliphatic hydroxyl groups excluding tert-OH is 1. The predicted molar refractivity (Wildman–Crippen MR) is 117 cm³/mol. The van der Waals surface area contributed by atoms with E-state index in [9.17, 15) is 9.50 Å². The van der Waals surface area contributed by atoms with Crippen LogP contribution < -0.4 is 0 Å². The quantitative estimate of drug-likeness (QED) is 0.506. The molecule has 5 heteroatoms. The van der Waals surface area contributed by atoms with Crippen LogP contribution in [0.15, 0.2) is 66.7 Å². The summed E-state index contributed by atoms with van der Waals surface area (Å²) in [6, 6.07) is 21.4. The first kappa shape index (κ1) is 19.0. The number of hydrogen-bond acceptors (Lipinski definition) is 3. The minimum Gasteiger partial charge on any atom is -0.392 e. The van der Waals surface area contributed by atoms with E-state index in [2.05, 4.69) is 51.3 Å². The standard InChI is InChI=1S/C25H24FN3O/c26-21-11-12-23-24(14-21)28-25(27-23)20-9-7-19(8-10-20)18-5-3-17(4-6-18)15-29-13-1-2-22(30)16-29/h3-12,14,22,30H,1-2,13,15-16H2,(H,27,28). The van der Waals surface area contributed by atoms with Crippen molar-refractivity contribution in [1.82, 2.24) is 14.9 Å². The molecule has 0 bridgehead atoms. The third-order valence-corrected chi connectivity index (χ3v) is 5.78. The van der Waals surface area contributed by atoms with E-state index in [0.717, 1.165) is 60.5 Å². The largest absolute Gasteiger partial charge is 0.392 e. The first-order valence-electron chi connectivity index (χ1n) is 10.4. The number of imidazole rings is 1. The number of piperidine rings is 1. The van der Waals surface area contributed by atoms with Crippen molar-refractivity contribution in [2.75, 3.05) is 13.1 Å². The molecule has 1 atom stereocenters. The number of β-amino-alcohol motifs (C(OH)–C–C–N with tert-alkyl or cyclic N) is 1. The maximum absolute atomic E-state index is 13.4. The van der Waals surface area contributed by atoms with Gasteiger partial charge in [0, 0.05) is 18.7 Å². The van der Waals surface area contributed by atoms with Crippen molar-refractivity contribution in [3.8, 4) is 22.5 Å². The highest BCUT2D eigenvalue weighted by atomic mass is 19.1. The smallest absolute Gasteiger partial charge is 0.138 e. The monoisotopic (exact) mass is 401 g/mol. The summed E-state index contributed by atoms with van der Waals surface area (Å²) in [6.45, 7) is 2.69. The average Bonchev–Trinajstić information content (AvgIpc) is 3.18. The van der Waals surface area contributed by atoms with Crippen LogP contribution >= 0.6 is 0 Å². The molecule has 1 fully saturated rings. The minimum atomic E-state index is -0.270. The number of aromatic nitrogens is 2. The molecule has 1 saturated heterocycles. The fraction of sp³-hybridized carbons (Fsp3) is 0.240. The van der Waals surface area contributed by atoms with E-state index >= 15 is 0 Å². The van der Waals surface area contributed by atoms with Gasteiger partial charge in [-0.15, -0.1) is 0 Å². The van der Waals surface area contributed by atoms with Gasteiger partial charge in [0.1, 0.15) is 11.6 Å². The molecule has 30 heavy (non-hydrogen) atoms. The van der Waals surface area contributed by atoms with Gasteiger partial charge in [0.05, 0.1) is 17.1 Å². The normalized spacial score (nSPS) is 17.5. The van der Waals surface area contributed by atoms with E-state index in [4.69, 9.17) is 0 Å². The zero-order chi connectivity index (χ0) is 20.5. The van der Waals surface area contributed by atoms with Crippen LogP contribution in [0.1, 0.15) is 18.4 Å². The average molecular weight is 401 g/mol. The van der Waals surface area contributed by atoms with E-state index in [1.807, 2.05) is 12.1 Å². The molecule has 152 valence electrons. The molecule has 0 aliphatic carbocycles. The van der Waals surface area contributed by atoms with E-state index in [1.54, 1.807) is 6.07 Å². The first-order chi connectivity index (χ1) is 14.6. The lowest BCUT2D eigenvalue weighted by Crippen LogP contribution is -2.37. The van der Waals surface area contributed by atoms with Crippen molar-refractivity contribution in [3.05, 3.63) is 78.1 Å². The summed E-state index contributed by atoms with van der Waals surface area (Å²) >= 11 is 0. The number of hydrogen-bond donors (Lipinski definition) is 2. The fourth-order valence-electron chi connectivity index (χ4n) is 4.17. The summed E-state index contributed by atoms with van der Waals surface area (Å²) in [5.41, 5.74) is 5.99. The highest BCUT2D eigenvalue weighted by Crippen LogP contribution is 2.26. The Labute approximate surface area is 175 Å². The third kappa shape index (κ3) is 3.99. The maximum atomic E-state index is 13.4. The van der Waals surface area contributed by atoms with Crippen molar-refractivity contribution in [2.45, 2.75) is 25.5 Å². The molecule has 4 nitrogen and oxygen atoms in total. The van der Waals surface area contributed by atoms with Gasteiger partial charge in [-0.1, -0.05) is 48.5 Å². The fourth-order valence-corrected chi connectivity index (χ4v) is 4.17. The summed E-state index contributed by atoms with van der Waals surface area (Å²) in [6.07, 6.45) is 1.78. The van der Waals surface area contributed by atoms with Crippen molar-refractivity contribution < 1.29 is 9.50 Å². The second kappa shape index (κ2) is 8.01. The molecule has 2 heterocycles. The van der Waals surface area contributed by atoms with Crippen LogP contribution in [-0.4, -0.2) is 39.2 Å². The first-order valence-corrected chi connectivity index (χ1v) is 10.4. The van der Waals surface area contributed by atoms with E-state index in [0.29, 0.717) is 5.52 Å². The van der Waals surface area contributed by atoms with Gasteiger partial charge < -0.3 is 10.1 Å². The summed E-state index contributed by atoms with van der Waals surface area (Å²) in [5.74, 6) is 0.467. The number of halogens is 1. The molecule has 1 aromatic heterocycles.